The fraction of sp³-hybridized carbons (Fsp3) is 0.556. The predicted molar refractivity (Wildman–Crippen MR) is 44.3 cm³/mol. The summed E-state index contributed by atoms with van der Waals surface area (Å²) in [6.45, 7) is 2.07. The summed E-state index contributed by atoms with van der Waals surface area (Å²) < 4.78 is 0. The van der Waals surface area contributed by atoms with E-state index in [4.69, 9.17) is 5.11 Å². The maximum atomic E-state index is 9.34. The van der Waals surface area contributed by atoms with Crippen molar-refractivity contribution in [1.29, 1.82) is 0 Å². The van der Waals surface area contributed by atoms with Crippen LogP contribution in [0.1, 0.15) is 26.2 Å². The summed E-state index contributed by atoms with van der Waals surface area (Å²) in [5.41, 5.74) is 0.970. The highest BCUT2D eigenvalue weighted by Crippen LogP contribution is 2.20. The summed E-state index contributed by atoms with van der Waals surface area (Å²) in [5, 5.41) is 18.4. The second-order valence-electron chi connectivity index (χ2n) is 2.85. The van der Waals surface area contributed by atoms with Crippen molar-refractivity contribution in [3.05, 3.63) is 23.5 Å². The van der Waals surface area contributed by atoms with Gasteiger partial charge in [0.15, 0.2) is 0 Å². The molecular formula is C9H14O2. The number of aliphatic hydroxyl groups excluding tert-OH is 2. The fourth-order valence-corrected chi connectivity index (χ4v) is 1.22. The fourth-order valence-electron chi connectivity index (χ4n) is 1.22. The largest absolute Gasteiger partial charge is 0.512 e. The Morgan fingerprint density at radius 2 is 2.36 bits per heavy atom. The Morgan fingerprint density at radius 3 is 2.91 bits per heavy atom. The lowest BCUT2D eigenvalue weighted by Gasteiger charge is -2.13. The normalized spacial score (nSPS) is 24.4. The Morgan fingerprint density at radius 1 is 1.64 bits per heavy atom. The summed E-state index contributed by atoms with van der Waals surface area (Å²) in [7, 11) is 0. The van der Waals surface area contributed by atoms with Gasteiger partial charge in [-0.1, -0.05) is 25.5 Å². The van der Waals surface area contributed by atoms with E-state index in [1.54, 1.807) is 6.08 Å². The van der Waals surface area contributed by atoms with Gasteiger partial charge in [0, 0.05) is 6.42 Å². The zero-order chi connectivity index (χ0) is 8.27. The molecule has 1 rings (SSSR count). The van der Waals surface area contributed by atoms with Crippen molar-refractivity contribution >= 4 is 0 Å². The van der Waals surface area contributed by atoms with E-state index in [2.05, 4.69) is 6.92 Å². The van der Waals surface area contributed by atoms with Gasteiger partial charge >= 0.3 is 0 Å². The van der Waals surface area contributed by atoms with Crippen molar-refractivity contribution in [3.63, 3.8) is 0 Å². The van der Waals surface area contributed by atoms with Crippen LogP contribution in [0.15, 0.2) is 23.5 Å². The van der Waals surface area contributed by atoms with Crippen LogP contribution in [0, 0.1) is 0 Å². The van der Waals surface area contributed by atoms with Crippen LogP contribution in [-0.2, 0) is 0 Å². The van der Waals surface area contributed by atoms with E-state index in [0.29, 0.717) is 12.2 Å². The highest BCUT2D eigenvalue weighted by atomic mass is 16.3. The Kier molecular flexibility index (Phi) is 2.71. The SMILES string of the molecule is CCCC1=C(O)CC(O)C=C1. The van der Waals surface area contributed by atoms with Crippen molar-refractivity contribution in [2.45, 2.75) is 32.3 Å². The molecule has 0 aromatic rings. The van der Waals surface area contributed by atoms with E-state index < -0.39 is 6.10 Å². The first kappa shape index (κ1) is 8.34. The topological polar surface area (TPSA) is 40.5 Å². The zero-order valence-electron chi connectivity index (χ0n) is 6.75. The lowest BCUT2D eigenvalue weighted by molar-refractivity contribution is 0.197. The third-order valence-corrected chi connectivity index (χ3v) is 1.81. The van der Waals surface area contributed by atoms with E-state index in [9.17, 15) is 5.11 Å². The van der Waals surface area contributed by atoms with Crippen LogP contribution in [0.25, 0.3) is 0 Å². The van der Waals surface area contributed by atoms with Gasteiger partial charge in [0.25, 0.3) is 0 Å². The molecule has 62 valence electrons. The molecule has 2 N–H and O–H groups in total. The molecule has 0 saturated heterocycles. The molecule has 0 amide bonds. The lowest BCUT2D eigenvalue weighted by atomic mass is 10.00. The smallest absolute Gasteiger partial charge is 0.0983 e. The Bertz CT molecular complexity index is 192. The maximum absolute atomic E-state index is 9.34. The molecule has 0 saturated carbocycles. The highest BCUT2D eigenvalue weighted by Gasteiger charge is 2.11. The van der Waals surface area contributed by atoms with Gasteiger partial charge in [-0.05, 0) is 12.0 Å². The summed E-state index contributed by atoms with van der Waals surface area (Å²) >= 11 is 0. The van der Waals surface area contributed by atoms with Crippen LogP contribution in [0.3, 0.4) is 0 Å². The van der Waals surface area contributed by atoms with Gasteiger partial charge < -0.3 is 10.2 Å². The second kappa shape index (κ2) is 3.58. The number of allylic oxidation sites excluding steroid dienone is 2. The Labute approximate surface area is 66.9 Å². The minimum Gasteiger partial charge on any atom is -0.512 e. The minimum atomic E-state index is -0.490. The molecule has 1 aliphatic carbocycles. The zero-order valence-corrected chi connectivity index (χ0v) is 6.75. The molecule has 0 heterocycles. The van der Waals surface area contributed by atoms with E-state index in [1.165, 1.54) is 0 Å². The molecule has 0 spiro atoms. The van der Waals surface area contributed by atoms with Gasteiger partial charge in [0.2, 0.25) is 0 Å². The molecule has 1 atom stereocenters. The van der Waals surface area contributed by atoms with Gasteiger partial charge in [-0.25, -0.2) is 0 Å². The molecular weight excluding hydrogens is 140 g/mol. The van der Waals surface area contributed by atoms with Crippen molar-refractivity contribution in [3.8, 4) is 0 Å². The van der Waals surface area contributed by atoms with Crippen molar-refractivity contribution in [2.75, 3.05) is 0 Å². The van der Waals surface area contributed by atoms with Gasteiger partial charge in [-0.2, -0.15) is 0 Å². The van der Waals surface area contributed by atoms with Gasteiger partial charge in [0.1, 0.15) is 0 Å². The van der Waals surface area contributed by atoms with Crippen LogP contribution in [0.4, 0.5) is 0 Å². The lowest BCUT2D eigenvalue weighted by Crippen LogP contribution is -2.09. The molecule has 1 aliphatic rings. The molecule has 0 bridgehead atoms. The summed E-state index contributed by atoms with van der Waals surface area (Å²) in [5.74, 6) is 0.349. The molecule has 0 aromatic heterocycles. The third-order valence-electron chi connectivity index (χ3n) is 1.81. The van der Waals surface area contributed by atoms with Crippen molar-refractivity contribution in [1.82, 2.24) is 0 Å². The first-order valence-corrected chi connectivity index (χ1v) is 4.01. The minimum absolute atomic E-state index is 0.349. The van der Waals surface area contributed by atoms with E-state index in [0.717, 1.165) is 18.4 Å². The summed E-state index contributed by atoms with van der Waals surface area (Å²) in [6.07, 6.45) is 5.36. The molecule has 0 aromatic carbocycles. The van der Waals surface area contributed by atoms with Gasteiger partial charge in [0.05, 0.1) is 11.9 Å². The molecule has 1 unspecified atom stereocenters. The van der Waals surface area contributed by atoms with Crippen LogP contribution < -0.4 is 0 Å². The van der Waals surface area contributed by atoms with Crippen LogP contribution >= 0.6 is 0 Å². The quantitative estimate of drug-likeness (QED) is 0.638. The highest BCUT2D eigenvalue weighted by molar-refractivity contribution is 5.27. The maximum Gasteiger partial charge on any atom is 0.0983 e. The number of hydrogen-bond donors (Lipinski definition) is 2. The van der Waals surface area contributed by atoms with E-state index in [-0.39, 0.29) is 0 Å². The van der Waals surface area contributed by atoms with Gasteiger partial charge in [-0.3, -0.25) is 0 Å². The van der Waals surface area contributed by atoms with Crippen LogP contribution in [0.5, 0.6) is 0 Å². The third kappa shape index (κ3) is 2.09. The molecule has 0 fully saturated rings. The summed E-state index contributed by atoms with van der Waals surface area (Å²) in [6, 6.07) is 0. The average Bonchev–Trinajstić information content (AvgIpc) is 1.95. The Hall–Kier alpha value is -0.760. The average molecular weight is 154 g/mol. The standard InChI is InChI=1S/C9H14O2/c1-2-3-7-4-5-8(10)6-9(7)11/h4-5,8,10-11H,2-3,6H2,1H3. The Balaban J connectivity index is 2.64. The predicted octanol–water partition coefficient (Wildman–Crippen LogP) is 1.92. The number of hydrogen-bond acceptors (Lipinski definition) is 2. The van der Waals surface area contributed by atoms with Crippen molar-refractivity contribution in [2.24, 2.45) is 0 Å². The van der Waals surface area contributed by atoms with E-state index >= 15 is 0 Å². The molecule has 0 radical (unpaired) electrons. The molecule has 2 nitrogen and oxygen atoms in total. The summed E-state index contributed by atoms with van der Waals surface area (Å²) in [4.78, 5) is 0. The first-order chi connectivity index (χ1) is 5.24. The first-order valence-electron chi connectivity index (χ1n) is 4.01. The van der Waals surface area contributed by atoms with Crippen LogP contribution in [-0.4, -0.2) is 16.3 Å². The number of aliphatic hydroxyl groups is 2. The second-order valence-corrected chi connectivity index (χ2v) is 2.85. The molecule has 2 heteroatoms. The van der Waals surface area contributed by atoms with E-state index in [1.807, 2.05) is 6.08 Å². The number of rotatable bonds is 2. The monoisotopic (exact) mass is 154 g/mol. The van der Waals surface area contributed by atoms with Crippen LogP contribution in [0.2, 0.25) is 0 Å². The molecule has 11 heavy (non-hydrogen) atoms. The van der Waals surface area contributed by atoms with Crippen molar-refractivity contribution < 1.29 is 10.2 Å². The van der Waals surface area contributed by atoms with Gasteiger partial charge in [-0.15, -0.1) is 0 Å². The molecule has 0 aliphatic heterocycles.